The molecule has 14 heavy (non-hydrogen) atoms. The lowest BCUT2D eigenvalue weighted by Crippen LogP contribution is -2.42. The third-order valence-corrected chi connectivity index (χ3v) is 1.79. The molecule has 0 saturated heterocycles. The van der Waals surface area contributed by atoms with Gasteiger partial charge in [0.1, 0.15) is 6.04 Å². The number of esters is 1. The van der Waals surface area contributed by atoms with Crippen LogP contribution in [0.25, 0.3) is 0 Å². The highest BCUT2D eigenvalue weighted by molar-refractivity contribution is 5.75. The van der Waals surface area contributed by atoms with Gasteiger partial charge in [0, 0.05) is 6.54 Å². The second-order valence-corrected chi connectivity index (χ2v) is 2.96. The van der Waals surface area contributed by atoms with Crippen molar-refractivity contribution in [2.24, 2.45) is 0 Å². The molecular weight excluding hydrogens is 186 g/mol. The lowest BCUT2D eigenvalue weighted by molar-refractivity contribution is -0.145. The summed E-state index contributed by atoms with van der Waals surface area (Å²) in [6.07, 6.45) is -0.241. The molecular formula is C9H19NO4. The van der Waals surface area contributed by atoms with E-state index in [0.717, 1.165) is 0 Å². The van der Waals surface area contributed by atoms with Crippen molar-refractivity contribution in [3.05, 3.63) is 0 Å². The normalized spacial score (nSPS) is 14.9. The molecule has 0 amide bonds. The van der Waals surface area contributed by atoms with Crippen LogP contribution in [-0.4, -0.2) is 48.1 Å². The standard InChI is InChI=1S/C9H19NO4/c1-3-8(9(13)14-4-2)10-5-7(12)6-11/h7-8,10-12H,3-6H2,1-2H3. The van der Waals surface area contributed by atoms with Crippen molar-refractivity contribution in [2.75, 3.05) is 19.8 Å². The van der Waals surface area contributed by atoms with Crippen LogP contribution in [0.2, 0.25) is 0 Å². The Morgan fingerprint density at radius 3 is 2.57 bits per heavy atom. The molecule has 5 heteroatoms. The lowest BCUT2D eigenvalue weighted by Gasteiger charge is -2.16. The van der Waals surface area contributed by atoms with Gasteiger partial charge < -0.3 is 20.3 Å². The Balaban J connectivity index is 3.84. The largest absolute Gasteiger partial charge is 0.465 e. The molecule has 0 radical (unpaired) electrons. The Morgan fingerprint density at radius 2 is 2.14 bits per heavy atom. The van der Waals surface area contributed by atoms with E-state index in [1.807, 2.05) is 6.92 Å². The van der Waals surface area contributed by atoms with E-state index in [-0.39, 0.29) is 19.1 Å². The van der Waals surface area contributed by atoms with Crippen LogP contribution < -0.4 is 5.32 Å². The third kappa shape index (κ3) is 5.16. The molecule has 2 atom stereocenters. The van der Waals surface area contributed by atoms with Crippen molar-refractivity contribution in [1.29, 1.82) is 0 Å². The van der Waals surface area contributed by atoms with Gasteiger partial charge in [-0.3, -0.25) is 4.79 Å². The summed E-state index contributed by atoms with van der Waals surface area (Å²) in [6, 6.07) is -0.406. The van der Waals surface area contributed by atoms with Gasteiger partial charge in [0.05, 0.1) is 19.3 Å². The van der Waals surface area contributed by atoms with Gasteiger partial charge in [0.25, 0.3) is 0 Å². The zero-order valence-corrected chi connectivity index (χ0v) is 8.69. The van der Waals surface area contributed by atoms with E-state index < -0.39 is 12.1 Å². The fourth-order valence-electron chi connectivity index (χ4n) is 0.980. The molecule has 0 heterocycles. The number of rotatable bonds is 7. The van der Waals surface area contributed by atoms with Gasteiger partial charge >= 0.3 is 5.97 Å². The number of aliphatic hydroxyl groups is 2. The summed E-state index contributed by atoms with van der Waals surface area (Å²) in [5, 5.41) is 20.4. The zero-order valence-electron chi connectivity index (χ0n) is 8.69. The monoisotopic (exact) mass is 205 g/mol. The predicted molar refractivity (Wildman–Crippen MR) is 51.8 cm³/mol. The van der Waals surface area contributed by atoms with E-state index in [9.17, 15) is 4.79 Å². The first-order valence-corrected chi connectivity index (χ1v) is 4.84. The molecule has 84 valence electrons. The first-order valence-electron chi connectivity index (χ1n) is 4.84. The highest BCUT2D eigenvalue weighted by atomic mass is 16.5. The molecule has 0 fully saturated rings. The predicted octanol–water partition coefficient (Wildman–Crippen LogP) is -0.729. The van der Waals surface area contributed by atoms with Crippen molar-refractivity contribution >= 4 is 5.97 Å². The van der Waals surface area contributed by atoms with Crippen LogP contribution in [0, 0.1) is 0 Å². The summed E-state index contributed by atoms with van der Waals surface area (Å²) in [5.41, 5.74) is 0. The second kappa shape index (κ2) is 7.73. The fourth-order valence-corrected chi connectivity index (χ4v) is 0.980. The number of aliphatic hydroxyl groups excluding tert-OH is 2. The Labute approximate surface area is 84.1 Å². The quantitative estimate of drug-likeness (QED) is 0.478. The van der Waals surface area contributed by atoms with Gasteiger partial charge in [-0.1, -0.05) is 6.92 Å². The Bertz CT molecular complexity index is 163. The molecule has 0 spiro atoms. The zero-order chi connectivity index (χ0) is 11.0. The van der Waals surface area contributed by atoms with Crippen LogP contribution in [0.3, 0.4) is 0 Å². The number of nitrogens with one attached hydrogen (secondary N) is 1. The topological polar surface area (TPSA) is 78.8 Å². The molecule has 0 aromatic carbocycles. The minimum Gasteiger partial charge on any atom is -0.465 e. The Kier molecular flexibility index (Phi) is 7.37. The average Bonchev–Trinajstić information content (AvgIpc) is 2.18. The summed E-state index contributed by atoms with van der Waals surface area (Å²) >= 11 is 0. The van der Waals surface area contributed by atoms with E-state index in [1.165, 1.54) is 0 Å². The van der Waals surface area contributed by atoms with E-state index in [0.29, 0.717) is 13.0 Å². The minimum atomic E-state index is -0.835. The Morgan fingerprint density at radius 1 is 1.50 bits per heavy atom. The molecule has 0 aliphatic heterocycles. The van der Waals surface area contributed by atoms with Gasteiger partial charge in [-0.15, -0.1) is 0 Å². The Hall–Kier alpha value is -0.650. The molecule has 0 saturated carbocycles. The molecule has 0 aliphatic rings. The molecule has 0 aromatic heterocycles. The van der Waals surface area contributed by atoms with Gasteiger partial charge in [0.15, 0.2) is 0 Å². The number of carbonyl (C=O) groups excluding carboxylic acids is 1. The number of ether oxygens (including phenoxy) is 1. The molecule has 0 rings (SSSR count). The van der Waals surface area contributed by atoms with Crippen LogP contribution in [0.15, 0.2) is 0 Å². The molecule has 3 N–H and O–H groups in total. The highest BCUT2D eigenvalue weighted by Gasteiger charge is 2.17. The number of hydrogen-bond donors (Lipinski definition) is 3. The number of hydrogen-bond acceptors (Lipinski definition) is 5. The summed E-state index contributed by atoms with van der Waals surface area (Å²) in [6.45, 7) is 3.81. The van der Waals surface area contributed by atoms with E-state index >= 15 is 0 Å². The van der Waals surface area contributed by atoms with E-state index in [2.05, 4.69) is 5.32 Å². The maximum atomic E-state index is 11.2. The van der Waals surface area contributed by atoms with Crippen LogP contribution >= 0.6 is 0 Å². The summed E-state index contributed by atoms with van der Waals surface area (Å²) in [7, 11) is 0. The first kappa shape index (κ1) is 13.4. The maximum absolute atomic E-state index is 11.2. The third-order valence-electron chi connectivity index (χ3n) is 1.79. The van der Waals surface area contributed by atoms with Crippen molar-refractivity contribution in [2.45, 2.75) is 32.4 Å². The molecule has 2 unspecified atom stereocenters. The van der Waals surface area contributed by atoms with Crippen molar-refractivity contribution in [1.82, 2.24) is 5.32 Å². The smallest absolute Gasteiger partial charge is 0.323 e. The van der Waals surface area contributed by atoms with Gasteiger partial charge in [-0.2, -0.15) is 0 Å². The van der Waals surface area contributed by atoms with Crippen LogP contribution in [0.1, 0.15) is 20.3 Å². The molecule has 0 aliphatic carbocycles. The van der Waals surface area contributed by atoms with Crippen LogP contribution in [0.5, 0.6) is 0 Å². The van der Waals surface area contributed by atoms with Gasteiger partial charge in [0.2, 0.25) is 0 Å². The van der Waals surface area contributed by atoms with E-state index in [4.69, 9.17) is 14.9 Å². The maximum Gasteiger partial charge on any atom is 0.323 e. The van der Waals surface area contributed by atoms with Crippen molar-refractivity contribution in [3.63, 3.8) is 0 Å². The van der Waals surface area contributed by atoms with Gasteiger partial charge in [-0.05, 0) is 13.3 Å². The summed E-state index contributed by atoms with van der Waals surface area (Å²) in [4.78, 5) is 11.2. The summed E-state index contributed by atoms with van der Waals surface area (Å²) < 4.78 is 4.82. The molecule has 0 bridgehead atoms. The van der Waals surface area contributed by atoms with Gasteiger partial charge in [-0.25, -0.2) is 0 Å². The SMILES string of the molecule is CCOC(=O)C(CC)NCC(O)CO. The lowest BCUT2D eigenvalue weighted by atomic mass is 10.2. The average molecular weight is 205 g/mol. The summed E-state index contributed by atoms with van der Waals surface area (Å²) in [5.74, 6) is -0.319. The second-order valence-electron chi connectivity index (χ2n) is 2.96. The van der Waals surface area contributed by atoms with Crippen LogP contribution in [-0.2, 0) is 9.53 Å². The minimum absolute atomic E-state index is 0.188. The number of carbonyl (C=O) groups is 1. The first-order chi connectivity index (χ1) is 6.65. The van der Waals surface area contributed by atoms with Crippen molar-refractivity contribution in [3.8, 4) is 0 Å². The highest BCUT2D eigenvalue weighted by Crippen LogP contribution is 1.95. The van der Waals surface area contributed by atoms with Crippen molar-refractivity contribution < 1.29 is 19.7 Å². The molecule has 5 nitrogen and oxygen atoms in total. The molecule has 0 aromatic rings. The van der Waals surface area contributed by atoms with E-state index in [1.54, 1.807) is 6.92 Å². The van der Waals surface area contributed by atoms with Crippen LogP contribution in [0.4, 0.5) is 0 Å². The fraction of sp³-hybridized carbons (Fsp3) is 0.889.